The molecular formula is C14H16BrNO. The van der Waals surface area contributed by atoms with Gasteiger partial charge in [-0.05, 0) is 37.8 Å². The van der Waals surface area contributed by atoms with Crippen molar-refractivity contribution < 1.29 is 0 Å². The van der Waals surface area contributed by atoms with Crippen LogP contribution in [0.5, 0.6) is 0 Å². The van der Waals surface area contributed by atoms with E-state index >= 15 is 0 Å². The molecular weight excluding hydrogens is 278 g/mol. The second-order valence-corrected chi connectivity index (χ2v) is 5.14. The highest BCUT2D eigenvalue weighted by Crippen LogP contribution is 2.19. The molecule has 0 spiro atoms. The number of hydrogen-bond acceptors (Lipinski definition) is 1. The Labute approximate surface area is 109 Å². The predicted octanol–water partition coefficient (Wildman–Crippen LogP) is 3.79. The molecule has 90 valence electrons. The lowest BCUT2D eigenvalue weighted by Crippen LogP contribution is -2.25. The van der Waals surface area contributed by atoms with Gasteiger partial charge in [0.25, 0.3) is 5.56 Å². The summed E-state index contributed by atoms with van der Waals surface area (Å²) in [6.45, 7) is 6.07. The Morgan fingerprint density at radius 2 is 2.06 bits per heavy atom. The molecule has 3 heteroatoms. The van der Waals surface area contributed by atoms with Crippen LogP contribution in [0.25, 0.3) is 10.8 Å². The first-order valence-electron chi connectivity index (χ1n) is 5.76. The van der Waals surface area contributed by atoms with Crippen molar-refractivity contribution in [1.82, 2.24) is 4.57 Å². The minimum Gasteiger partial charge on any atom is -0.309 e. The Kier molecular flexibility index (Phi) is 3.38. The van der Waals surface area contributed by atoms with E-state index in [4.69, 9.17) is 0 Å². The molecule has 1 heterocycles. The summed E-state index contributed by atoms with van der Waals surface area (Å²) in [5.41, 5.74) is 2.19. The van der Waals surface area contributed by atoms with Crippen LogP contribution in [0.2, 0.25) is 0 Å². The molecule has 0 atom stereocenters. The third kappa shape index (κ3) is 2.04. The largest absolute Gasteiger partial charge is 0.309 e. The van der Waals surface area contributed by atoms with E-state index in [1.807, 2.05) is 43.5 Å². The molecule has 2 aromatic rings. The van der Waals surface area contributed by atoms with E-state index in [1.54, 1.807) is 0 Å². The molecule has 0 saturated carbocycles. The van der Waals surface area contributed by atoms with Crippen LogP contribution in [0, 0.1) is 6.92 Å². The standard InChI is InChI=1S/C14H16BrNO/c1-9(2)16-12(8-15)7-11-6-4-5-10(3)13(11)14(16)17/h4-7,9H,8H2,1-3H3. The van der Waals surface area contributed by atoms with Crippen LogP contribution in [-0.2, 0) is 5.33 Å². The van der Waals surface area contributed by atoms with Gasteiger partial charge in [0.05, 0.1) is 5.39 Å². The molecule has 0 fully saturated rings. The lowest BCUT2D eigenvalue weighted by molar-refractivity contribution is 0.565. The quantitative estimate of drug-likeness (QED) is 0.772. The van der Waals surface area contributed by atoms with Gasteiger partial charge in [-0.15, -0.1) is 0 Å². The number of rotatable bonds is 2. The molecule has 0 radical (unpaired) electrons. The first-order valence-corrected chi connectivity index (χ1v) is 6.88. The number of alkyl halides is 1. The van der Waals surface area contributed by atoms with E-state index in [0.29, 0.717) is 5.33 Å². The SMILES string of the molecule is Cc1cccc2cc(CBr)n(C(C)C)c(=O)c12. The van der Waals surface area contributed by atoms with Crippen LogP contribution in [-0.4, -0.2) is 4.57 Å². The fraction of sp³-hybridized carbons (Fsp3) is 0.357. The number of benzene rings is 1. The Balaban J connectivity index is 2.95. The topological polar surface area (TPSA) is 22.0 Å². The van der Waals surface area contributed by atoms with E-state index in [-0.39, 0.29) is 11.6 Å². The van der Waals surface area contributed by atoms with Crippen LogP contribution in [0.3, 0.4) is 0 Å². The van der Waals surface area contributed by atoms with Gasteiger partial charge in [0.1, 0.15) is 0 Å². The molecule has 0 unspecified atom stereocenters. The summed E-state index contributed by atoms with van der Waals surface area (Å²) in [4.78, 5) is 12.5. The van der Waals surface area contributed by atoms with Gasteiger partial charge in [0.15, 0.2) is 0 Å². The Morgan fingerprint density at radius 1 is 1.35 bits per heavy atom. The van der Waals surface area contributed by atoms with Gasteiger partial charge in [-0.3, -0.25) is 4.79 Å². The van der Waals surface area contributed by atoms with Gasteiger partial charge < -0.3 is 4.57 Å². The van der Waals surface area contributed by atoms with Gasteiger partial charge in [-0.2, -0.15) is 0 Å². The van der Waals surface area contributed by atoms with Crippen LogP contribution in [0.15, 0.2) is 29.1 Å². The number of hydrogen-bond donors (Lipinski definition) is 0. The van der Waals surface area contributed by atoms with Gasteiger partial charge in [-0.25, -0.2) is 0 Å². The summed E-state index contributed by atoms with van der Waals surface area (Å²) < 4.78 is 1.87. The number of fused-ring (bicyclic) bond motifs is 1. The Hall–Kier alpha value is -1.09. The number of aryl methyl sites for hydroxylation is 1. The predicted molar refractivity (Wildman–Crippen MR) is 76.0 cm³/mol. The first-order chi connectivity index (χ1) is 8.06. The molecule has 0 bridgehead atoms. The third-order valence-electron chi connectivity index (χ3n) is 3.02. The van der Waals surface area contributed by atoms with E-state index in [2.05, 4.69) is 22.0 Å². The summed E-state index contributed by atoms with van der Waals surface area (Å²) >= 11 is 3.46. The number of nitrogens with zero attached hydrogens (tertiary/aromatic N) is 1. The molecule has 0 aliphatic carbocycles. The molecule has 0 aliphatic rings. The van der Waals surface area contributed by atoms with Crippen molar-refractivity contribution >= 4 is 26.7 Å². The number of aromatic nitrogens is 1. The summed E-state index contributed by atoms with van der Waals surface area (Å²) in [6.07, 6.45) is 0. The zero-order valence-electron chi connectivity index (χ0n) is 10.3. The first kappa shape index (κ1) is 12.4. The van der Waals surface area contributed by atoms with Crippen molar-refractivity contribution in [3.8, 4) is 0 Å². The highest BCUT2D eigenvalue weighted by Gasteiger charge is 2.12. The van der Waals surface area contributed by atoms with E-state index in [9.17, 15) is 4.79 Å². The van der Waals surface area contributed by atoms with Crippen molar-refractivity contribution in [1.29, 1.82) is 0 Å². The van der Waals surface area contributed by atoms with Gasteiger partial charge in [0.2, 0.25) is 0 Å². The molecule has 0 aliphatic heterocycles. The number of pyridine rings is 1. The highest BCUT2D eigenvalue weighted by molar-refractivity contribution is 9.08. The second kappa shape index (κ2) is 4.65. The lowest BCUT2D eigenvalue weighted by Gasteiger charge is -2.17. The van der Waals surface area contributed by atoms with Crippen LogP contribution in [0.4, 0.5) is 0 Å². The summed E-state index contributed by atoms with van der Waals surface area (Å²) in [7, 11) is 0. The fourth-order valence-electron chi connectivity index (χ4n) is 2.27. The Bertz CT molecular complexity index is 613. The summed E-state index contributed by atoms with van der Waals surface area (Å²) in [5.74, 6) is 0. The van der Waals surface area contributed by atoms with Crippen LogP contribution in [0.1, 0.15) is 31.1 Å². The van der Waals surface area contributed by atoms with Crippen molar-refractivity contribution in [2.45, 2.75) is 32.1 Å². The van der Waals surface area contributed by atoms with Crippen molar-refractivity contribution in [2.24, 2.45) is 0 Å². The fourth-order valence-corrected chi connectivity index (χ4v) is 2.70. The van der Waals surface area contributed by atoms with Crippen molar-refractivity contribution in [2.75, 3.05) is 0 Å². The minimum atomic E-state index is 0.116. The lowest BCUT2D eigenvalue weighted by atomic mass is 10.1. The zero-order valence-corrected chi connectivity index (χ0v) is 11.9. The molecule has 1 aromatic carbocycles. The zero-order chi connectivity index (χ0) is 12.6. The van der Waals surface area contributed by atoms with Gasteiger partial charge >= 0.3 is 0 Å². The minimum absolute atomic E-state index is 0.116. The molecule has 1 aromatic heterocycles. The van der Waals surface area contributed by atoms with Gasteiger partial charge in [-0.1, -0.05) is 34.1 Å². The Morgan fingerprint density at radius 3 is 2.65 bits per heavy atom. The molecule has 0 N–H and O–H groups in total. The maximum atomic E-state index is 12.5. The van der Waals surface area contributed by atoms with E-state index in [1.165, 1.54) is 0 Å². The van der Waals surface area contributed by atoms with Crippen molar-refractivity contribution in [3.63, 3.8) is 0 Å². The maximum absolute atomic E-state index is 12.5. The molecule has 0 saturated heterocycles. The average molecular weight is 294 g/mol. The molecule has 2 rings (SSSR count). The summed E-state index contributed by atoms with van der Waals surface area (Å²) in [5, 5.41) is 2.57. The molecule has 17 heavy (non-hydrogen) atoms. The van der Waals surface area contributed by atoms with E-state index in [0.717, 1.165) is 22.0 Å². The molecule has 2 nitrogen and oxygen atoms in total. The smallest absolute Gasteiger partial charge is 0.259 e. The monoisotopic (exact) mass is 293 g/mol. The number of halogens is 1. The second-order valence-electron chi connectivity index (χ2n) is 4.58. The van der Waals surface area contributed by atoms with Crippen molar-refractivity contribution in [3.05, 3.63) is 45.9 Å². The van der Waals surface area contributed by atoms with Crippen LogP contribution < -0.4 is 5.56 Å². The average Bonchev–Trinajstić information content (AvgIpc) is 2.27. The molecule has 0 amide bonds. The van der Waals surface area contributed by atoms with Gasteiger partial charge in [0, 0.05) is 17.1 Å². The third-order valence-corrected chi connectivity index (χ3v) is 3.60. The normalized spacial score (nSPS) is 11.4. The highest BCUT2D eigenvalue weighted by atomic mass is 79.9. The summed E-state index contributed by atoms with van der Waals surface area (Å²) in [6, 6.07) is 8.26. The van der Waals surface area contributed by atoms with E-state index < -0.39 is 0 Å². The maximum Gasteiger partial charge on any atom is 0.259 e. The van der Waals surface area contributed by atoms with Crippen LogP contribution >= 0.6 is 15.9 Å².